The Kier molecular flexibility index (Phi) is 7.54. The van der Waals surface area contributed by atoms with Crippen LogP contribution in [0.2, 0.25) is 0 Å². The molecule has 1 aliphatic rings. The number of hydrogen-bond donors (Lipinski definition) is 1. The van der Waals surface area contributed by atoms with Gasteiger partial charge in [0.15, 0.2) is 0 Å². The van der Waals surface area contributed by atoms with Crippen LogP contribution in [-0.4, -0.2) is 59.9 Å². The molecule has 1 atom stereocenters. The third-order valence-electron chi connectivity index (χ3n) is 5.92. The first-order valence-corrected chi connectivity index (χ1v) is 12.7. The van der Waals surface area contributed by atoms with Crippen LogP contribution in [0.5, 0.6) is 0 Å². The molecule has 1 aliphatic heterocycles. The summed E-state index contributed by atoms with van der Waals surface area (Å²) in [6, 6.07) is 9.84. The van der Waals surface area contributed by atoms with Crippen LogP contribution in [0.15, 0.2) is 47.4 Å². The summed E-state index contributed by atoms with van der Waals surface area (Å²) in [5, 5.41) is 11.0. The van der Waals surface area contributed by atoms with E-state index in [4.69, 9.17) is 4.74 Å². The van der Waals surface area contributed by atoms with E-state index in [2.05, 4.69) is 15.6 Å². The van der Waals surface area contributed by atoms with Gasteiger partial charge in [-0.2, -0.15) is 4.31 Å². The van der Waals surface area contributed by atoms with E-state index in [9.17, 15) is 17.6 Å². The molecule has 2 heterocycles. The number of benzene rings is 2. The first-order valence-electron chi connectivity index (χ1n) is 11.3. The van der Waals surface area contributed by atoms with Crippen LogP contribution in [0.1, 0.15) is 31.2 Å². The van der Waals surface area contributed by atoms with Gasteiger partial charge in [-0.3, -0.25) is 4.79 Å². The van der Waals surface area contributed by atoms with Crippen molar-refractivity contribution in [2.45, 2.75) is 49.7 Å². The maximum Gasteiger partial charge on any atom is 0.243 e. The Morgan fingerprint density at radius 3 is 2.88 bits per heavy atom. The van der Waals surface area contributed by atoms with E-state index in [-0.39, 0.29) is 23.8 Å². The molecular formula is C23H28FN5O4S. The minimum absolute atomic E-state index is 0.0776. The lowest BCUT2D eigenvalue weighted by Crippen LogP contribution is -2.51. The van der Waals surface area contributed by atoms with Crippen molar-refractivity contribution in [1.82, 2.24) is 24.6 Å². The first kappa shape index (κ1) is 24.2. The highest BCUT2D eigenvalue weighted by Gasteiger charge is 2.37. The van der Waals surface area contributed by atoms with Crippen molar-refractivity contribution in [1.29, 1.82) is 0 Å². The van der Waals surface area contributed by atoms with Crippen LogP contribution >= 0.6 is 0 Å². The van der Waals surface area contributed by atoms with Crippen molar-refractivity contribution < 1.29 is 22.3 Å². The third kappa shape index (κ3) is 5.26. The van der Waals surface area contributed by atoms with Crippen molar-refractivity contribution >= 4 is 27.0 Å². The second-order valence-corrected chi connectivity index (χ2v) is 10.2. The number of sulfonamides is 1. The standard InChI is InChI=1S/C23H28FN5O4S/c1-33-13-5-11-28-21-10-9-19(15-20(21)26-27-28)34(31,32)29-12-3-2-8-22(29)23(30)25-16-17-6-4-7-18(24)14-17/h4,6-7,9-10,14-15,22H,2-3,5,8,11-13,16H2,1H3,(H,25,30). The van der Waals surface area contributed by atoms with Gasteiger partial charge in [-0.1, -0.05) is 23.8 Å². The number of carbonyl (C=O) groups is 1. The summed E-state index contributed by atoms with van der Waals surface area (Å²) in [6.45, 7) is 1.57. The largest absolute Gasteiger partial charge is 0.385 e. The zero-order chi connectivity index (χ0) is 24.1. The average Bonchev–Trinajstić information content (AvgIpc) is 3.25. The second kappa shape index (κ2) is 10.6. The number of aromatic nitrogens is 3. The average molecular weight is 490 g/mol. The Bertz CT molecular complexity index is 1260. The van der Waals surface area contributed by atoms with E-state index in [0.29, 0.717) is 37.1 Å². The molecule has 1 fully saturated rings. The van der Waals surface area contributed by atoms with Gasteiger partial charge in [-0.15, -0.1) is 5.10 Å². The molecule has 4 rings (SSSR count). The number of halogens is 1. The number of methoxy groups -OCH3 is 1. The fourth-order valence-electron chi connectivity index (χ4n) is 4.18. The van der Waals surface area contributed by atoms with Crippen molar-refractivity contribution in [3.8, 4) is 0 Å². The summed E-state index contributed by atoms with van der Waals surface area (Å²) in [5.74, 6) is -0.780. The SMILES string of the molecule is COCCCn1nnc2cc(S(=O)(=O)N3CCCCC3C(=O)NCc3cccc(F)c3)ccc21. The first-order chi connectivity index (χ1) is 16.4. The van der Waals surface area contributed by atoms with Gasteiger partial charge in [0, 0.05) is 33.4 Å². The van der Waals surface area contributed by atoms with Gasteiger partial charge in [0.25, 0.3) is 0 Å². The van der Waals surface area contributed by atoms with E-state index < -0.39 is 22.0 Å². The van der Waals surface area contributed by atoms with Crippen molar-refractivity contribution in [2.75, 3.05) is 20.3 Å². The van der Waals surface area contributed by atoms with Gasteiger partial charge in [-0.05, 0) is 55.2 Å². The van der Waals surface area contributed by atoms with Crippen molar-refractivity contribution in [2.24, 2.45) is 0 Å². The molecule has 182 valence electrons. The van der Waals surface area contributed by atoms with Crippen molar-refractivity contribution in [3.63, 3.8) is 0 Å². The van der Waals surface area contributed by atoms with Crippen LogP contribution in [0, 0.1) is 5.82 Å². The quantitative estimate of drug-likeness (QED) is 0.463. The highest BCUT2D eigenvalue weighted by molar-refractivity contribution is 7.89. The number of carbonyl (C=O) groups excluding carboxylic acids is 1. The topological polar surface area (TPSA) is 106 Å². The zero-order valence-electron chi connectivity index (χ0n) is 19.0. The summed E-state index contributed by atoms with van der Waals surface area (Å²) in [7, 11) is -2.30. The number of fused-ring (bicyclic) bond motifs is 1. The van der Waals surface area contributed by atoms with E-state index in [1.165, 1.54) is 28.6 Å². The van der Waals surface area contributed by atoms with Crippen LogP contribution in [0.3, 0.4) is 0 Å². The van der Waals surface area contributed by atoms with Crippen molar-refractivity contribution in [3.05, 3.63) is 53.8 Å². The lowest BCUT2D eigenvalue weighted by Gasteiger charge is -2.33. The molecule has 0 bridgehead atoms. The highest BCUT2D eigenvalue weighted by Crippen LogP contribution is 2.27. The minimum Gasteiger partial charge on any atom is -0.385 e. The van der Waals surface area contributed by atoms with Gasteiger partial charge >= 0.3 is 0 Å². The predicted octanol–water partition coefficient (Wildman–Crippen LogP) is 2.47. The number of piperidine rings is 1. The Hall–Kier alpha value is -2.89. The molecule has 0 radical (unpaired) electrons. The summed E-state index contributed by atoms with van der Waals surface area (Å²) in [4.78, 5) is 13.0. The van der Waals surface area contributed by atoms with E-state index >= 15 is 0 Å². The van der Waals surface area contributed by atoms with Crippen LogP contribution < -0.4 is 5.32 Å². The number of hydrogen-bond acceptors (Lipinski definition) is 6. The third-order valence-corrected chi connectivity index (χ3v) is 7.83. The number of aryl methyl sites for hydroxylation is 1. The number of nitrogens with zero attached hydrogens (tertiary/aromatic N) is 4. The molecule has 11 heteroatoms. The Morgan fingerprint density at radius 2 is 2.09 bits per heavy atom. The summed E-state index contributed by atoms with van der Waals surface area (Å²) in [6.07, 6.45) is 2.60. The molecule has 9 nitrogen and oxygen atoms in total. The van der Waals surface area contributed by atoms with Gasteiger partial charge in [0.05, 0.1) is 10.4 Å². The number of rotatable bonds is 9. The molecule has 1 N–H and O–H groups in total. The van der Waals surface area contributed by atoms with E-state index in [1.807, 2.05) is 0 Å². The fourth-order valence-corrected chi connectivity index (χ4v) is 5.86. The summed E-state index contributed by atoms with van der Waals surface area (Å²) < 4.78 is 48.5. The molecule has 1 aromatic heterocycles. The molecule has 1 amide bonds. The smallest absolute Gasteiger partial charge is 0.243 e. The van der Waals surface area contributed by atoms with Gasteiger partial charge in [0.1, 0.15) is 17.4 Å². The van der Waals surface area contributed by atoms with E-state index in [0.717, 1.165) is 18.4 Å². The zero-order valence-corrected chi connectivity index (χ0v) is 19.8. The molecule has 1 saturated heterocycles. The number of nitrogens with one attached hydrogen (secondary N) is 1. The normalized spacial score (nSPS) is 17.2. The fraction of sp³-hybridized carbons (Fsp3) is 0.435. The Labute approximate surface area is 197 Å². The highest BCUT2D eigenvalue weighted by atomic mass is 32.2. The molecule has 0 aliphatic carbocycles. The molecule has 3 aromatic rings. The Balaban J connectivity index is 1.52. The number of ether oxygens (including phenoxy) is 1. The van der Waals surface area contributed by atoms with Crippen LogP contribution in [-0.2, 0) is 32.6 Å². The maximum atomic E-state index is 13.5. The monoisotopic (exact) mass is 489 g/mol. The molecule has 0 saturated carbocycles. The van der Waals surface area contributed by atoms with E-state index in [1.54, 1.807) is 30.0 Å². The van der Waals surface area contributed by atoms with Crippen LogP contribution in [0.4, 0.5) is 4.39 Å². The number of amides is 1. The maximum absolute atomic E-state index is 13.5. The molecular weight excluding hydrogens is 461 g/mol. The molecule has 0 spiro atoms. The Morgan fingerprint density at radius 1 is 1.24 bits per heavy atom. The summed E-state index contributed by atoms with van der Waals surface area (Å²) >= 11 is 0. The van der Waals surface area contributed by atoms with Crippen LogP contribution in [0.25, 0.3) is 11.0 Å². The lowest BCUT2D eigenvalue weighted by atomic mass is 10.0. The lowest BCUT2D eigenvalue weighted by molar-refractivity contribution is -0.125. The molecule has 34 heavy (non-hydrogen) atoms. The van der Waals surface area contributed by atoms with Gasteiger partial charge in [0.2, 0.25) is 15.9 Å². The summed E-state index contributed by atoms with van der Waals surface area (Å²) in [5.41, 5.74) is 1.82. The van der Waals surface area contributed by atoms with Gasteiger partial charge < -0.3 is 10.1 Å². The minimum atomic E-state index is -3.93. The molecule has 2 aromatic carbocycles. The second-order valence-electron chi connectivity index (χ2n) is 8.28. The molecule has 1 unspecified atom stereocenters. The van der Waals surface area contributed by atoms with Gasteiger partial charge in [-0.25, -0.2) is 17.5 Å². The predicted molar refractivity (Wildman–Crippen MR) is 124 cm³/mol.